The van der Waals surface area contributed by atoms with Gasteiger partial charge in [-0.15, -0.1) is 0 Å². The van der Waals surface area contributed by atoms with Crippen molar-refractivity contribution in [2.75, 3.05) is 42.4 Å². The van der Waals surface area contributed by atoms with Crippen LogP contribution in [0, 0.1) is 0 Å². The predicted octanol–water partition coefficient (Wildman–Crippen LogP) is 7.27. The zero-order chi connectivity index (χ0) is 25.2. The molecule has 0 spiro atoms. The summed E-state index contributed by atoms with van der Waals surface area (Å²) < 4.78 is 10.5. The Balaban J connectivity index is 0.000000389. The maximum absolute atomic E-state index is 6.18. The van der Waals surface area contributed by atoms with Crippen molar-refractivity contribution < 1.29 is 9.47 Å². The number of nitrogens with zero attached hydrogens (tertiary/aromatic N) is 2. The van der Waals surface area contributed by atoms with E-state index in [2.05, 4.69) is 0 Å². The molecule has 0 bridgehead atoms. The van der Waals surface area contributed by atoms with Crippen molar-refractivity contribution in [2.24, 2.45) is 0 Å². The van der Waals surface area contributed by atoms with Crippen LogP contribution >= 0.6 is 80.8 Å². The van der Waals surface area contributed by atoms with Gasteiger partial charge in [0.25, 0.3) is 0 Å². The first-order chi connectivity index (χ1) is 15.4. The number of methoxy groups -OCH3 is 2. The van der Waals surface area contributed by atoms with E-state index in [1.165, 1.54) is 21.6 Å². The average molecular weight is 586 g/mol. The van der Waals surface area contributed by atoms with Crippen molar-refractivity contribution in [2.45, 2.75) is 9.71 Å². The van der Waals surface area contributed by atoms with E-state index in [1.807, 2.05) is 86.5 Å². The van der Waals surface area contributed by atoms with Crippen LogP contribution in [0.15, 0.2) is 48.5 Å². The number of hydrogen-bond acceptors (Lipinski definition) is 6. The Labute approximate surface area is 230 Å². The lowest BCUT2D eigenvalue weighted by Crippen LogP contribution is -2.18. The van der Waals surface area contributed by atoms with Crippen LogP contribution in [0.3, 0.4) is 0 Å². The summed E-state index contributed by atoms with van der Waals surface area (Å²) in [5.74, 6) is 1.15. The molecule has 0 aliphatic rings. The van der Waals surface area contributed by atoms with E-state index in [9.17, 15) is 0 Å². The number of alkyl halides is 3. The number of rotatable bonds is 4. The SMILES string of the molecule is CN(C)C(=S)SSC(=S)N(C)C.COc1ccc(C(c2ccc(OC)cc2)C(Cl)(Cl)Cl)cc1. The van der Waals surface area contributed by atoms with Gasteiger partial charge in [0.05, 0.1) is 20.1 Å². The molecule has 33 heavy (non-hydrogen) atoms. The fourth-order valence-corrected chi connectivity index (χ4v) is 5.51. The normalized spacial score (nSPS) is 10.7. The van der Waals surface area contributed by atoms with Crippen LogP contribution in [0.25, 0.3) is 0 Å². The zero-order valence-corrected chi connectivity index (χ0v) is 24.7. The van der Waals surface area contributed by atoms with Crippen LogP contribution in [0.4, 0.5) is 0 Å². The third kappa shape index (κ3) is 10.7. The third-order valence-corrected chi connectivity index (χ3v) is 8.95. The Morgan fingerprint density at radius 3 is 1.24 bits per heavy atom. The molecule has 0 saturated carbocycles. The number of thiocarbonyl (C=S) groups is 2. The molecule has 0 amide bonds. The molecule has 11 heteroatoms. The molecule has 2 aromatic carbocycles. The van der Waals surface area contributed by atoms with E-state index >= 15 is 0 Å². The lowest BCUT2D eigenvalue weighted by atomic mass is 9.92. The molecule has 2 aromatic rings. The first kappa shape index (κ1) is 30.4. The van der Waals surface area contributed by atoms with Crippen LogP contribution in [-0.4, -0.2) is 64.6 Å². The van der Waals surface area contributed by atoms with Gasteiger partial charge in [0.2, 0.25) is 3.79 Å². The highest BCUT2D eigenvalue weighted by Crippen LogP contribution is 2.46. The zero-order valence-electron chi connectivity index (χ0n) is 19.2. The van der Waals surface area contributed by atoms with Crippen LogP contribution in [0.5, 0.6) is 11.5 Å². The molecule has 2 rings (SSSR count). The second-order valence-corrected chi connectivity index (χ2v) is 12.8. The van der Waals surface area contributed by atoms with E-state index in [-0.39, 0.29) is 5.92 Å². The molecule has 0 fully saturated rings. The Bertz CT molecular complexity index is 823. The molecular formula is C22H27Cl3N2O2S4. The largest absolute Gasteiger partial charge is 0.497 e. The first-order valence-electron chi connectivity index (χ1n) is 9.52. The summed E-state index contributed by atoms with van der Waals surface area (Å²) in [4.78, 5) is 3.79. The number of benzene rings is 2. The molecule has 0 atom stereocenters. The predicted molar refractivity (Wildman–Crippen MR) is 156 cm³/mol. The molecule has 182 valence electrons. The molecule has 0 N–H and O–H groups in total. The minimum Gasteiger partial charge on any atom is -0.497 e. The summed E-state index contributed by atoms with van der Waals surface area (Å²) in [7, 11) is 14.0. The van der Waals surface area contributed by atoms with Crippen molar-refractivity contribution in [3.05, 3.63) is 59.7 Å². The highest BCUT2D eigenvalue weighted by molar-refractivity contribution is 8.89. The molecule has 0 aliphatic carbocycles. The Kier molecular flexibility index (Phi) is 13.6. The molecule has 0 aliphatic heterocycles. The van der Waals surface area contributed by atoms with Crippen molar-refractivity contribution in [3.63, 3.8) is 0 Å². The van der Waals surface area contributed by atoms with Gasteiger partial charge in [-0.25, -0.2) is 0 Å². The molecule has 0 heterocycles. The topological polar surface area (TPSA) is 24.9 Å². The minimum absolute atomic E-state index is 0.376. The highest BCUT2D eigenvalue weighted by Gasteiger charge is 2.35. The fourth-order valence-electron chi connectivity index (χ4n) is 2.38. The lowest BCUT2D eigenvalue weighted by Gasteiger charge is -2.25. The van der Waals surface area contributed by atoms with E-state index in [4.69, 9.17) is 68.7 Å². The lowest BCUT2D eigenvalue weighted by molar-refractivity contribution is 0.414. The molecule has 4 nitrogen and oxygen atoms in total. The maximum Gasteiger partial charge on any atom is 0.201 e. The number of halogens is 3. The minimum atomic E-state index is -1.46. The quantitative estimate of drug-likeness (QED) is 0.210. The van der Waals surface area contributed by atoms with Gasteiger partial charge in [-0.1, -0.05) is 83.5 Å². The van der Waals surface area contributed by atoms with Crippen molar-refractivity contribution in [1.29, 1.82) is 0 Å². The van der Waals surface area contributed by atoms with E-state index in [0.717, 1.165) is 31.3 Å². The molecule has 0 unspecified atom stereocenters. The van der Waals surface area contributed by atoms with E-state index < -0.39 is 3.79 Å². The van der Waals surface area contributed by atoms with Gasteiger partial charge in [0, 0.05) is 28.2 Å². The van der Waals surface area contributed by atoms with Gasteiger partial charge >= 0.3 is 0 Å². The number of ether oxygens (including phenoxy) is 2. The van der Waals surface area contributed by atoms with Crippen LogP contribution < -0.4 is 9.47 Å². The summed E-state index contributed by atoms with van der Waals surface area (Å²) in [5.41, 5.74) is 1.81. The summed E-state index contributed by atoms with van der Waals surface area (Å²) in [5, 5.41) is 0. The van der Waals surface area contributed by atoms with Crippen LogP contribution in [-0.2, 0) is 0 Å². The molecular weight excluding hydrogens is 559 g/mol. The van der Waals surface area contributed by atoms with Gasteiger partial charge in [0.1, 0.15) is 20.1 Å². The molecule has 0 aromatic heterocycles. The van der Waals surface area contributed by atoms with Gasteiger partial charge in [-0.3, -0.25) is 0 Å². The molecule has 0 saturated heterocycles. The number of hydrogen-bond donors (Lipinski definition) is 0. The second kappa shape index (κ2) is 14.7. The Hall–Kier alpha value is -0.610. The maximum atomic E-state index is 6.18. The van der Waals surface area contributed by atoms with E-state index in [1.54, 1.807) is 14.2 Å². The van der Waals surface area contributed by atoms with Crippen molar-refractivity contribution >= 4 is 89.5 Å². The summed E-state index contributed by atoms with van der Waals surface area (Å²) >= 11 is 28.7. The average Bonchev–Trinajstić information content (AvgIpc) is 2.77. The second-order valence-electron chi connectivity index (χ2n) is 7.01. The fraction of sp³-hybridized carbons (Fsp3) is 0.364. The monoisotopic (exact) mass is 584 g/mol. The summed E-state index contributed by atoms with van der Waals surface area (Å²) in [6.45, 7) is 0. The molecule has 0 radical (unpaired) electrons. The summed E-state index contributed by atoms with van der Waals surface area (Å²) in [6, 6.07) is 15.0. The Morgan fingerprint density at radius 1 is 0.727 bits per heavy atom. The first-order valence-corrected chi connectivity index (χ1v) is 13.6. The van der Waals surface area contributed by atoms with Gasteiger partial charge in [0.15, 0.2) is 0 Å². The Morgan fingerprint density at radius 2 is 1.03 bits per heavy atom. The van der Waals surface area contributed by atoms with Crippen molar-refractivity contribution in [1.82, 2.24) is 9.80 Å². The standard InChI is InChI=1S/C16H15Cl3O2.C6H12N2S4/c1-20-13-7-3-11(4-8-13)15(16(17,18)19)12-5-9-14(21-2)10-6-12;1-7(2)5(9)11-12-6(10)8(3)4/h3-10,15H,1-2H3;1-4H3. The van der Waals surface area contributed by atoms with Gasteiger partial charge < -0.3 is 19.3 Å². The summed E-state index contributed by atoms with van der Waals surface area (Å²) in [6.07, 6.45) is 0. The highest BCUT2D eigenvalue weighted by atomic mass is 35.6. The third-order valence-electron chi connectivity index (χ3n) is 4.14. The van der Waals surface area contributed by atoms with Gasteiger partial charge in [-0.05, 0) is 57.0 Å². The van der Waals surface area contributed by atoms with Gasteiger partial charge in [-0.2, -0.15) is 0 Å². The smallest absolute Gasteiger partial charge is 0.201 e. The van der Waals surface area contributed by atoms with Crippen molar-refractivity contribution in [3.8, 4) is 11.5 Å². The van der Waals surface area contributed by atoms with Crippen LogP contribution in [0.1, 0.15) is 17.0 Å². The van der Waals surface area contributed by atoms with E-state index in [0.29, 0.717) is 0 Å². The van der Waals surface area contributed by atoms with Crippen LogP contribution in [0.2, 0.25) is 0 Å².